The molecule has 0 amide bonds. The number of aromatic hydroxyl groups is 2. The largest absolute Gasteiger partial charge is 0.504 e. The first-order valence-electron chi connectivity index (χ1n) is 9.70. The standard InChI is InChI=1S/C26H22O6/c1-31-25-12-8-17(14-23(25)29)6-10-21(27)19-4-3-5-20(16-19)22(28)11-7-18-9-13-26(32-2)24(30)15-18/h3-16,29-30H,1-2H3/b10-6+,11-7+. The van der Waals surface area contributed by atoms with Crippen LogP contribution in [0.5, 0.6) is 23.0 Å². The van der Waals surface area contributed by atoms with Crippen molar-refractivity contribution in [2.24, 2.45) is 0 Å². The molecule has 0 unspecified atom stereocenters. The summed E-state index contributed by atoms with van der Waals surface area (Å²) in [5, 5.41) is 19.7. The van der Waals surface area contributed by atoms with Crippen molar-refractivity contribution in [2.75, 3.05) is 14.2 Å². The van der Waals surface area contributed by atoms with Gasteiger partial charge in [-0.25, -0.2) is 0 Å². The van der Waals surface area contributed by atoms with E-state index in [1.807, 2.05) is 0 Å². The fourth-order valence-electron chi connectivity index (χ4n) is 2.98. The van der Waals surface area contributed by atoms with Gasteiger partial charge in [-0.3, -0.25) is 9.59 Å². The van der Waals surface area contributed by atoms with Gasteiger partial charge in [-0.2, -0.15) is 0 Å². The molecule has 2 N–H and O–H groups in total. The summed E-state index contributed by atoms with van der Waals surface area (Å²) in [5.41, 5.74) is 1.99. The van der Waals surface area contributed by atoms with Gasteiger partial charge in [0.25, 0.3) is 0 Å². The van der Waals surface area contributed by atoms with Crippen molar-refractivity contribution in [2.45, 2.75) is 0 Å². The molecule has 0 aliphatic carbocycles. The first-order chi connectivity index (χ1) is 15.4. The summed E-state index contributed by atoms with van der Waals surface area (Å²) in [4.78, 5) is 25.1. The number of hydrogen-bond donors (Lipinski definition) is 2. The Balaban J connectivity index is 1.72. The Labute approximate surface area is 185 Å². The van der Waals surface area contributed by atoms with Gasteiger partial charge >= 0.3 is 0 Å². The summed E-state index contributed by atoms with van der Waals surface area (Å²) in [7, 11) is 2.91. The minimum absolute atomic E-state index is 0.0216. The van der Waals surface area contributed by atoms with Crippen LogP contribution in [-0.2, 0) is 0 Å². The molecule has 6 nitrogen and oxygen atoms in total. The molecule has 0 saturated heterocycles. The Bertz CT molecular complexity index is 1120. The Morgan fingerprint density at radius 2 is 1.12 bits per heavy atom. The predicted octanol–water partition coefficient (Wildman–Crippen LogP) is 4.91. The van der Waals surface area contributed by atoms with E-state index in [9.17, 15) is 19.8 Å². The molecule has 0 atom stereocenters. The molecule has 3 rings (SSSR count). The van der Waals surface area contributed by atoms with Crippen molar-refractivity contribution in [1.82, 2.24) is 0 Å². The van der Waals surface area contributed by atoms with Gasteiger partial charge in [-0.05, 0) is 53.6 Å². The second-order valence-corrected chi connectivity index (χ2v) is 6.84. The smallest absolute Gasteiger partial charge is 0.185 e. The zero-order valence-corrected chi connectivity index (χ0v) is 17.6. The zero-order chi connectivity index (χ0) is 23.1. The molecule has 0 radical (unpaired) electrons. The lowest BCUT2D eigenvalue weighted by Crippen LogP contribution is -1.99. The molecular weight excluding hydrogens is 408 g/mol. The van der Waals surface area contributed by atoms with E-state index in [-0.39, 0.29) is 23.1 Å². The van der Waals surface area contributed by atoms with Crippen molar-refractivity contribution in [3.63, 3.8) is 0 Å². The summed E-state index contributed by atoms with van der Waals surface area (Å²) in [6, 6.07) is 16.0. The SMILES string of the molecule is COc1ccc(/C=C/C(=O)c2cccc(C(=O)/C=C/c3ccc(OC)c(O)c3)c2)cc1O. The third-order valence-electron chi connectivity index (χ3n) is 4.69. The van der Waals surface area contributed by atoms with Crippen LogP contribution < -0.4 is 9.47 Å². The zero-order valence-electron chi connectivity index (χ0n) is 17.6. The number of benzene rings is 3. The summed E-state index contributed by atoms with van der Waals surface area (Å²) >= 11 is 0. The summed E-state index contributed by atoms with van der Waals surface area (Å²) < 4.78 is 10.00. The fraction of sp³-hybridized carbons (Fsp3) is 0.0769. The highest BCUT2D eigenvalue weighted by Crippen LogP contribution is 2.27. The van der Waals surface area contributed by atoms with E-state index in [4.69, 9.17) is 9.47 Å². The van der Waals surface area contributed by atoms with Crippen molar-refractivity contribution in [3.8, 4) is 23.0 Å². The number of methoxy groups -OCH3 is 2. The van der Waals surface area contributed by atoms with Crippen molar-refractivity contribution < 1.29 is 29.3 Å². The average Bonchev–Trinajstić information content (AvgIpc) is 2.81. The molecule has 3 aromatic rings. The monoisotopic (exact) mass is 430 g/mol. The van der Waals surface area contributed by atoms with Crippen LogP contribution in [0.2, 0.25) is 0 Å². The molecule has 3 aromatic carbocycles. The lowest BCUT2D eigenvalue weighted by Gasteiger charge is -2.04. The molecule has 0 aliphatic rings. The lowest BCUT2D eigenvalue weighted by atomic mass is 10.0. The summed E-state index contributed by atoms with van der Waals surface area (Å²) in [6.45, 7) is 0. The Morgan fingerprint density at radius 1 is 0.688 bits per heavy atom. The highest BCUT2D eigenvalue weighted by molar-refractivity contribution is 6.11. The molecule has 162 valence electrons. The quantitative estimate of drug-likeness (QED) is 0.390. The summed E-state index contributed by atoms with van der Waals surface area (Å²) in [6.07, 6.45) is 5.90. The molecule has 0 aliphatic heterocycles. The van der Waals surface area contributed by atoms with E-state index < -0.39 is 0 Å². The lowest BCUT2D eigenvalue weighted by molar-refractivity contribution is 0.104. The molecule has 6 heteroatoms. The minimum atomic E-state index is -0.279. The predicted molar refractivity (Wildman–Crippen MR) is 122 cm³/mol. The number of ketones is 2. The van der Waals surface area contributed by atoms with Crippen molar-refractivity contribution in [1.29, 1.82) is 0 Å². The number of carbonyl (C=O) groups is 2. The van der Waals surface area contributed by atoms with Gasteiger partial charge in [-0.15, -0.1) is 0 Å². The van der Waals surface area contributed by atoms with Crippen LogP contribution in [0.25, 0.3) is 12.2 Å². The second-order valence-electron chi connectivity index (χ2n) is 6.84. The van der Waals surface area contributed by atoms with Crippen LogP contribution in [0.15, 0.2) is 72.8 Å². The Kier molecular flexibility index (Phi) is 7.08. The molecule has 0 saturated carbocycles. The third-order valence-corrected chi connectivity index (χ3v) is 4.69. The first-order valence-corrected chi connectivity index (χ1v) is 9.70. The number of phenolic OH excluding ortho intramolecular Hbond substituents is 2. The number of hydrogen-bond acceptors (Lipinski definition) is 6. The first kappa shape index (κ1) is 22.4. The topological polar surface area (TPSA) is 93.1 Å². The van der Waals surface area contributed by atoms with Gasteiger partial charge in [0.15, 0.2) is 34.6 Å². The van der Waals surface area contributed by atoms with E-state index in [2.05, 4.69) is 0 Å². The van der Waals surface area contributed by atoms with E-state index >= 15 is 0 Å². The van der Waals surface area contributed by atoms with Crippen molar-refractivity contribution in [3.05, 3.63) is 95.1 Å². The maximum absolute atomic E-state index is 12.5. The molecule has 0 spiro atoms. The number of allylic oxidation sites excluding steroid dienone is 2. The van der Waals surface area contributed by atoms with Gasteiger partial charge in [0, 0.05) is 11.1 Å². The van der Waals surface area contributed by atoms with Gasteiger partial charge in [-0.1, -0.05) is 42.5 Å². The fourth-order valence-corrected chi connectivity index (χ4v) is 2.98. The van der Waals surface area contributed by atoms with E-state index in [0.29, 0.717) is 33.8 Å². The van der Waals surface area contributed by atoms with Crippen LogP contribution >= 0.6 is 0 Å². The van der Waals surface area contributed by atoms with Crippen LogP contribution in [-0.4, -0.2) is 36.0 Å². The Hall–Kier alpha value is -4.32. The number of ether oxygens (including phenoxy) is 2. The highest BCUT2D eigenvalue weighted by Gasteiger charge is 2.08. The minimum Gasteiger partial charge on any atom is -0.504 e. The maximum Gasteiger partial charge on any atom is 0.185 e. The van der Waals surface area contributed by atoms with E-state index in [1.165, 1.54) is 44.6 Å². The molecule has 0 aromatic heterocycles. The molecule has 0 heterocycles. The van der Waals surface area contributed by atoms with Crippen LogP contribution in [0.3, 0.4) is 0 Å². The van der Waals surface area contributed by atoms with Gasteiger partial charge in [0.2, 0.25) is 0 Å². The Morgan fingerprint density at radius 3 is 1.50 bits per heavy atom. The molecule has 0 fully saturated rings. The number of rotatable bonds is 8. The normalized spacial score (nSPS) is 11.1. The van der Waals surface area contributed by atoms with E-state index in [1.54, 1.807) is 54.6 Å². The second kappa shape index (κ2) is 10.1. The molecule has 32 heavy (non-hydrogen) atoms. The molecular formula is C26H22O6. The van der Waals surface area contributed by atoms with Gasteiger partial charge < -0.3 is 19.7 Å². The average molecular weight is 430 g/mol. The van der Waals surface area contributed by atoms with Gasteiger partial charge in [0.05, 0.1) is 14.2 Å². The van der Waals surface area contributed by atoms with Crippen LogP contribution in [0, 0.1) is 0 Å². The van der Waals surface area contributed by atoms with Gasteiger partial charge in [0.1, 0.15) is 0 Å². The highest BCUT2D eigenvalue weighted by atomic mass is 16.5. The van der Waals surface area contributed by atoms with Crippen molar-refractivity contribution >= 4 is 23.7 Å². The number of carbonyl (C=O) groups excluding carboxylic acids is 2. The third kappa shape index (κ3) is 5.43. The summed E-state index contributed by atoms with van der Waals surface area (Å²) in [5.74, 6) is 0.0894. The number of phenols is 2. The van der Waals surface area contributed by atoms with Crippen LogP contribution in [0.4, 0.5) is 0 Å². The van der Waals surface area contributed by atoms with E-state index in [0.717, 1.165) is 0 Å². The van der Waals surface area contributed by atoms with Crippen LogP contribution in [0.1, 0.15) is 31.8 Å². The molecule has 0 bridgehead atoms. The maximum atomic E-state index is 12.5.